The normalized spacial score (nSPS) is 16.6. The molecule has 3 rings (SSSR count). The van der Waals surface area contributed by atoms with Crippen LogP contribution in [-0.2, 0) is 9.53 Å². The summed E-state index contributed by atoms with van der Waals surface area (Å²) in [4.78, 5) is 26.8. The summed E-state index contributed by atoms with van der Waals surface area (Å²) in [6.07, 6.45) is 1.53. The average Bonchev–Trinajstić information content (AvgIpc) is 3.24. The average molecular weight is 387 g/mol. The monoisotopic (exact) mass is 387 g/mol. The Morgan fingerprint density at radius 1 is 1.32 bits per heavy atom. The number of nitrogens with one attached hydrogen (secondary N) is 1. The van der Waals surface area contributed by atoms with Crippen LogP contribution < -0.4 is 10.1 Å². The highest BCUT2D eigenvalue weighted by Gasteiger charge is 2.30. The first-order valence-electron chi connectivity index (χ1n) is 9.29. The van der Waals surface area contributed by atoms with E-state index < -0.39 is 0 Å². The van der Waals surface area contributed by atoms with Crippen molar-refractivity contribution in [3.05, 3.63) is 36.0 Å². The standard InChI is InChI=1S/C20H25N3O5/c1-26-10-8-21-19(24)15-6-4-9-23(13-15)20(25)17-12-18(28-22-17)14-5-3-7-16(11-14)27-2/h3,5,7,11-12,15H,4,6,8-10,13H2,1-2H3,(H,21,24). The van der Waals surface area contributed by atoms with Crippen molar-refractivity contribution in [2.45, 2.75) is 12.8 Å². The third-order valence-electron chi connectivity index (χ3n) is 4.77. The number of ether oxygens (including phenoxy) is 2. The largest absolute Gasteiger partial charge is 0.497 e. The molecule has 8 nitrogen and oxygen atoms in total. The van der Waals surface area contributed by atoms with Gasteiger partial charge in [0.05, 0.1) is 19.6 Å². The van der Waals surface area contributed by atoms with E-state index in [-0.39, 0.29) is 23.4 Å². The molecule has 28 heavy (non-hydrogen) atoms. The number of piperidine rings is 1. The number of nitrogens with zero attached hydrogens (tertiary/aromatic N) is 2. The Hall–Kier alpha value is -2.87. The van der Waals surface area contributed by atoms with E-state index >= 15 is 0 Å². The molecule has 1 aliphatic rings. The van der Waals surface area contributed by atoms with E-state index in [1.165, 1.54) is 0 Å². The molecular weight excluding hydrogens is 362 g/mol. The van der Waals surface area contributed by atoms with Crippen molar-refractivity contribution in [2.75, 3.05) is 40.5 Å². The molecule has 0 aliphatic carbocycles. The second kappa shape index (κ2) is 9.36. The molecule has 1 N–H and O–H groups in total. The summed E-state index contributed by atoms with van der Waals surface area (Å²) < 4.78 is 15.5. The smallest absolute Gasteiger partial charge is 0.276 e. The van der Waals surface area contributed by atoms with Gasteiger partial charge in [-0.25, -0.2) is 0 Å². The molecule has 8 heteroatoms. The van der Waals surface area contributed by atoms with E-state index in [1.54, 1.807) is 25.2 Å². The van der Waals surface area contributed by atoms with Crippen molar-refractivity contribution in [1.29, 1.82) is 0 Å². The summed E-state index contributed by atoms with van der Waals surface area (Å²) in [5, 5.41) is 6.77. The summed E-state index contributed by atoms with van der Waals surface area (Å²) in [7, 11) is 3.18. The lowest BCUT2D eigenvalue weighted by atomic mass is 9.97. The summed E-state index contributed by atoms with van der Waals surface area (Å²) in [6.45, 7) is 1.90. The van der Waals surface area contributed by atoms with Crippen LogP contribution in [0.4, 0.5) is 0 Å². The van der Waals surface area contributed by atoms with Gasteiger partial charge >= 0.3 is 0 Å². The Kier molecular flexibility index (Phi) is 6.65. The zero-order chi connectivity index (χ0) is 19.9. The highest BCUT2D eigenvalue weighted by atomic mass is 16.5. The van der Waals surface area contributed by atoms with Gasteiger partial charge in [-0.05, 0) is 25.0 Å². The van der Waals surface area contributed by atoms with E-state index in [0.717, 1.165) is 18.4 Å². The van der Waals surface area contributed by atoms with Crippen LogP contribution in [0.3, 0.4) is 0 Å². The van der Waals surface area contributed by atoms with Gasteiger partial charge in [-0.3, -0.25) is 9.59 Å². The number of aromatic nitrogens is 1. The number of amides is 2. The van der Waals surface area contributed by atoms with E-state index in [9.17, 15) is 9.59 Å². The van der Waals surface area contributed by atoms with Gasteiger partial charge in [0.15, 0.2) is 11.5 Å². The number of hydrogen-bond donors (Lipinski definition) is 1. The molecule has 1 aliphatic heterocycles. The number of carbonyl (C=O) groups excluding carboxylic acids is 2. The molecule has 2 amide bonds. The Bertz CT molecular complexity index is 820. The van der Waals surface area contributed by atoms with Gasteiger partial charge in [0.1, 0.15) is 5.75 Å². The summed E-state index contributed by atoms with van der Waals surface area (Å²) in [6, 6.07) is 8.97. The molecule has 0 saturated carbocycles. The third kappa shape index (κ3) is 4.69. The molecule has 1 aromatic heterocycles. The van der Waals surface area contributed by atoms with Crippen molar-refractivity contribution >= 4 is 11.8 Å². The summed E-state index contributed by atoms with van der Waals surface area (Å²) in [5.41, 5.74) is 1.01. The molecule has 0 radical (unpaired) electrons. The van der Waals surface area contributed by atoms with Crippen LogP contribution in [0.15, 0.2) is 34.9 Å². The zero-order valence-corrected chi connectivity index (χ0v) is 16.1. The quantitative estimate of drug-likeness (QED) is 0.730. The summed E-state index contributed by atoms with van der Waals surface area (Å²) >= 11 is 0. The van der Waals surface area contributed by atoms with Gasteiger partial charge in [0.25, 0.3) is 5.91 Å². The molecule has 0 bridgehead atoms. The fraction of sp³-hybridized carbons (Fsp3) is 0.450. The van der Waals surface area contributed by atoms with Crippen molar-refractivity contribution in [1.82, 2.24) is 15.4 Å². The molecule has 1 unspecified atom stereocenters. The first-order chi connectivity index (χ1) is 13.6. The van der Waals surface area contributed by atoms with E-state index in [2.05, 4.69) is 10.5 Å². The molecule has 2 heterocycles. The predicted molar refractivity (Wildman–Crippen MR) is 102 cm³/mol. The van der Waals surface area contributed by atoms with E-state index in [1.807, 2.05) is 24.3 Å². The molecular formula is C20H25N3O5. The Labute approximate surface area is 163 Å². The van der Waals surface area contributed by atoms with Crippen LogP contribution in [0, 0.1) is 5.92 Å². The van der Waals surface area contributed by atoms with Crippen LogP contribution in [0.25, 0.3) is 11.3 Å². The second-order valence-corrected chi connectivity index (χ2v) is 6.68. The fourth-order valence-electron chi connectivity index (χ4n) is 3.25. The number of likely N-dealkylation sites (tertiary alicyclic amines) is 1. The highest BCUT2D eigenvalue weighted by molar-refractivity contribution is 5.93. The van der Waals surface area contributed by atoms with Gasteiger partial charge in [0.2, 0.25) is 5.91 Å². The lowest BCUT2D eigenvalue weighted by Crippen LogP contribution is -2.46. The van der Waals surface area contributed by atoms with Crippen molar-refractivity contribution in [3.8, 4) is 17.1 Å². The Morgan fingerprint density at radius 3 is 2.96 bits per heavy atom. The molecule has 1 aromatic carbocycles. The van der Waals surface area contributed by atoms with Crippen LogP contribution >= 0.6 is 0 Å². The van der Waals surface area contributed by atoms with Gasteiger partial charge in [-0.1, -0.05) is 17.3 Å². The van der Waals surface area contributed by atoms with Gasteiger partial charge < -0.3 is 24.2 Å². The Morgan fingerprint density at radius 2 is 2.18 bits per heavy atom. The fourth-order valence-corrected chi connectivity index (χ4v) is 3.25. The lowest BCUT2D eigenvalue weighted by molar-refractivity contribution is -0.126. The molecule has 150 valence electrons. The molecule has 0 spiro atoms. The van der Waals surface area contributed by atoms with Crippen LogP contribution in [0.5, 0.6) is 5.75 Å². The van der Waals surface area contributed by atoms with Gasteiger partial charge in [0, 0.05) is 38.4 Å². The molecule has 1 fully saturated rings. The SMILES string of the molecule is COCCNC(=O)C1CCCN(C(=O)c2cc(-c3cccc(OC)c3)on2)C1. The maximum absolute atomic E-state index is 12.8. The van der Waals surface area contributed by atoms with Crippen molar-refractivity contribution < 1.29 is 23.6 Å². The zero-order valence-electron chi connectivity index (χ0n) is 16.1. The number of rotatable bonds is 7. The molecule has 1 atom stereocenters. The number of benzene rings is 1. The lowest BCUT2D eigenvalue weighted by Gasteiger charge is -2.31. The number of methoxy groups -OCH3 is 2. The van der Waals surface area contributed by atoms with Crippen molar-refractivity contribution in [3.63, 3.8) is 0 Å². The minimum atomic E-state index is -0.229. The van der Waals surface area contributed by atoms with E-state index in [4.69, 9.17) is 14.0 Å². The topological polar surface area (TPSA) is 93.9 Å². The predicted octanol–water partition coefficient (Wildman–Crippen LogP) is 1.96. The number of carbonyl (C=O) groups is 2. The minimum Gasteiger partial charge on any atom is -0.497 e. The van der Waals surface area contributed by atoms with Gasteiger partial charge in [-0.2, -0.15) is 0 Å². The first-order valence-corrected chi connectivity index (χ1v) is 9.29. The summed E-state index contributed by atoms with van der Waals surface area (Å²) in [5.74, 6) is 0.687. The third-order valence-corrected chi connectivity index (χ3v) is 4.77. The highest BCUT2D eigenvalue weighted by Crippen LogP contribution is 2.25. The second-order valence-electron chi connectivity index (χ2n) is 6.68. The number of hydrogen-bond acceptors (Lipinski definition) is 6. The Balaban J connectivity index is 1.65. The maximum atomic E-state index is 12.8. The van der Waals surface area contributed by atoms with Crippen LogP contribution in [0.2, 0.25) is 0 Å². The minimum absolute atomic E-state index is 0.0493. The maximum Gasteiger partial charge on any atom is 0.276 e. The van der Waals surface area contributed by atoms with Crippen molar-refractivity contribution in [2.24, 2.45) is 5.92 Å². The van der Waals surface area contributed by atoms with Crippen LogP contribution in [0.1, 0.15) is 23.3 Å². The molecule has 2 aromatic rings. The van der Waals surface area contributed by atoms with E-state index in [0.29, 0.717) is 37.8 Å². The van der Waals surface area contributed by atoms with Gasteiger partial charge in [-0.15, -0.1) is 0 Å². The molecule has 1 saturated heterocycles. The van der Waals surface area contributed by atoms with Crippen LogP contribution in [-0.4, -0.2) is 62.3 Å². The first kappa shape index (κ1) is 19.9.